The first-order chi connectivity index (χ1) is 14.1. The molecule has 6 heteroatoms. The van der Waals surface area contributed by atoms with Crippen molar-refractivity contribution in [3.8, 4) is 5.75 Å². The van der Waals surface area contributed by atoms with E-state index in [0.29, 0.717) is 26.2 Å². The molecule has 154 valence electrons. The first kappa shape index (κ1) is 20.9. The third kappa shape index (κ3) is 5.81. The number of fused-ring (bicyclic) bond motifs is 1. The van der Waals surface area contributed by atoms with Crippen molar-refractivity contribution in [2.45, 2.75) is 13.3 Å². The zero-order valence-electron chi connectivity index (χ0n) is 17.2. The van der Waals surface area contributed by atoms with Gasteiger partial charge in [0.05, 0.1) is 13.7 Å². The van der Waals surface area contributed by atoms with Crippen LogP contribution in [-0.2, 0) is 9.59 Å². The summed E-state index contributed by atoms with van der Waals surface area (Å²) < 4.78 is 5.25. The van der Waals surface area contributed by atoms with Crippen molar-refractivity contribution < 1.29 is 14.3 Å². The van der Waals surface area contributed by atoms with Gasteiger partial charge in [-0.25, -0.2) is 0 Å². The Labute approximate surface area is 172 Å². The second-order valence-electron chi connectivity index (χ2n) is 7.26. The summed E-state index contributed by atoms with van der Waals surface area (Å²) in [6.07, 6.45) is 4.43. The van der Waals surface area contributed by atoms with Gasteiger partial charge in [0.15, 0.2) is 0 Å². The van der Waals surface area contributed by atoms with E-state index in [0.717, 1.165) is 41.6 Å². The zero-order valence-corrected chi connectivity index (χ0v) is 17.2. The minimum Gasteiger partial charge on any atom is -0.497 e. The smallest absolute Gasteiger partial charge is 0.246 e. The van der Waals surface area contributed by atoms with Crippen molar-refractivity contribution in [3.05, 3.63) is 48.0 Å². The summed E-state index contributed by atoms with van der Waals surface area (Å²) in [6, 6.07) is 12.0. The van der Waals surface area contributed by atoms with Crippen LogP contribution in [0.1, 0.15) is 18.9 Å². The van der Waals surface area contributed by atoms with Crippen molar-refractivity contribution in [1.82, 2.24) is 15.1 Å². The molecule has 0 saturated carbocycles. The number of ether oxygens (including phenoxy) is 1. The van der Waals surface area contributed by atoms with Crippen molar-refractivity contribution in [1.29, 1.82) is 0 Å². The van der Waals surface area contributed by atoms with Crippen molar-refractivity contribution >= 4 is 28.7 Å². The molecule has 1 aliphatic rings. The van der Waals surface area contributed by atoms with Gasteiger partial charge in [-0.1, -0.05) is 25.1 Å². The fraction of sp³-hybridized carbons (Fsp3) is 0.391. The molecule has 0 radical (unpaired) electrons. The molecule has 2 aromatic rings. The summed E-state index contributed by atoms with van der Waals surface area (Å²) in [5.41, 5.74) is 0.988. The van der Waals surface area contributed by atoms with Crippen LogP contribution in [0.15, 0.2) is 42.5 Å². The second-order valence-corrected chi connectivity index (χ2v) is 7.26. The van der Waals surface area contributed by atoms with Crippen LogP contribution in [0.2, 0.25) is 0 Å². The first-order valence-electron chi connectivity index (χ1n) is 10.1. The summed E-state index contributed by atoms with van der Waals surface area (Å²) in [7, 11) is 1.66. The molecule has 0 aromatic heterocycles. The number of amides is 2. The molecular weight excluding hydrogens is 366 g/mol. The topological polar surface area (TPSA) is 61.9 Å². The molecular formula is C23H29N3O3. The van der Waals surface area contributed by atoms with Gasteiger partial charge in [0.2, 0.25) is 11.8 Å². The molecule has 3 rings (SSSR count). The number of piperazine rings is 1. The lowest BCUT2D eigenvalue weighted by atomic mass is 10.1. The van der Waals surface area contributed by atoms with Crippen molar-refractivity contribution in [2.24, 2.45) is 0 Å². The lowest BCUT2D eigenvalue weighted by Gasteiger charge is -2.33. The zero-order chi connectivity index (χ0) is 20.6. The number of hydrogen-bond acceptors (Lipinski definition) is 4. The van der Waals surface area contributed by atoms with Gasteiger partial charge >= 0.3 is 0 Å². The van der Waals surface area contributed by atoms with Crippen LogP contribution >= 0.6 is 0 Å². The number of methoxy groups -OCH3 is 1. The standard InChI is InChI=1S/C23H29N3O3/c1-3-10-24-22(27)17-25-11-13-26(14-12-25)23(28)9-5-18-4-6-20-16-21(29-2)8-7-19(20)15-18/h4-9,15-16H,3,10-14,17H2,1-2H3,(H,24,27)/b9-5+. The first-order valence-corrected chi connectivity index (χ1v) is 10.1. The van der Waals surface area contributed by atoms with Crippen molar-refractivity contribution in [2.75, 3.05) is 46.4 Å². The van der Waals surface area contributed by atoms with E-state index in [9.17, 15) is 9.59 Å². The molecule has 1 N–H and O–H groups in total. The van der Waals surface area contributed by atoms with Crippen LogP contribution in [-0.4, -0.2) is 68.0 Å². The molecule has 0 aliphatic carbocycles. The van der Waals surface area contributed by atoms with Crippen LogP contribution in [0, 0.1) is 0 Å². The lowest BCUT2D eigenvalue weighted by Crippen LogP contribution is -2.50. The maximum atomic E-state index is 12.5. The molecule has 1 heterocycles. The molecule has 0 atom stereocenters. The van der Waals surface area contributed by atoms with Gasteiger partial charge in [-0.05, 0) is 47.0 Å². The van der Waals surface area contributed by atoms with Crippen LogP contribution < -0.4 is 10.1 Å². The Morgan fingerprint density at radius 3 is 2.52 bits per heavy atom. The molecule has 6 nitrogen and oxygen atoms in total. The number of carbonyl (C=O) groups excluding carboxylic acids is 2. The van der Waals surface area contributed by atoms with Crippen LogP contribution in [0.4, 0.5) is 0 Å². The van der Waals surface area contributed by atoms with Crippen LogP contribution in [0.3, 0.4) is 0 Å². The van der Waals surface area contributed by atoms with E-state index >= 15 is 0 Å². The molecule has 2 amide bonds. The fourth-order valence-corrected chi connectivity index (χ4v) is 3.40. The largest absolute Gasteiger partial charge is 0.497 e. The maximum Gasteiger partial charge on any atom is 0.246 e. The van der Waals surface area contributed by atoms with E-state index in [1.807, 2.05) is 48.2 Å². The van der Waals surface area contributed by atoms with E-state index in [4.69, 9.17) is 4.74 Å². The van der Waals surface area contributed by atoms with Crippen LogP contribution in [0.5, 0.6) is 5.75 Å². The molecule has 29 heavy (non-hydrogen) atoms. The summed E-state index contributed by atoms with van der Waals surface area (Å²) in [4.78, 5) is 28.3. The Kier molecular flexibility index (Phi) is 7.25. The van der Waals surface area contributed by atoms with Crippen molar-refractivity contribution in [3.63, 3.8) is 0 Å². The number of nitrogens with one attached hydrogen (secondary N) is 1. The molecule has 0 unspecified atom stereocenters. The molecule has 0 spiro atoms. The summed E-state index contributed by atoms with van der Waals surface area (Å²) in [5, 5.41) is 5.10. The third-order valence-corrected chi connectivity index (χ3v) is 5.11. The molecule has 0 bridgehead atoms. The molecule has 1 fully saturated rings. The monoisotopic (exact) mass is 395 g/mol. The predicted molar refractivity (Wildman–Crippen MR) is 116 cm³/mol. The average Bonchev–Trinajstić information content (AvgIpc) is 2.76. The average molecular weight is 396 g/mol. The minimum absolute atomic E-state index is 0.00918. The lowest BCUT2D eigenvalue weighted by molar-refractivity contribution is -0.128. The predicted octanol–water partition coefficient (Wildman–Crippen LogP) is 2.53. The summed E-state index contributed by atoms with van der Waals surface area (Å²) >= 11 is 0. The Morgan fingerprint density at radius 1 is 1.07 bits per heavy atom. The van der Waals surface area contributed by atoms with E-state index in [1.165, 1.54) is 0 Å². The highest BCUT2D eigenvalue weighted by Gasteiger charge is 2.20. The van der Waals surface area contributed by atoms with E-state index in [-0.39, 0.29) is 11.8 Å². The highest BCUT2D eigenvalue weighted by molar-refractivity contribution is 5.93. The fourth-order valence-electron chi connectivity index (χ4n) is 3.40. The Hall–Kier alpha value is -2.86. The normalized spacial score (nSPS) is 15.0. The van der Waals surface area contributed by atoms with Gasteiger partial charge in [0, 0.05) is 38.8 Å². The SMILES string of the molecule is CCCNC(=O)CN1CCN(C(=O)/C=C/c2ccc3cc(OC)ccc3c2)CC1. The maximum absolute atomic E-state index is 12.5. The third-order valence-electron chi connectivity index (χ3n) is 5.11. The second kappa shape index (κ2) is 10.1. The summed E-state index contributed by atoms with van der Waals surface area (Å²) in [5.74, 6) is 0.897. The van der Waals surface area contributed by atoms with E-state index in [2.05, 4.69) is 16.3 Å². The number of rotatable bonds is 7. The minimum atomic E-state index is 0.00918. The van der Waals surface area contributed by atoms with Gasteiger partial charge in [0.1, 0.15) is 5.75 Å². The van der Waals surface area contributed by atoms with Crippen LogP contribution in [0.25, 0.3) is 16.8 Å². The number of hydrogen-bond donors (Lipinski definition) is 1. The van der Waals surface area contributed by atoms with Gasteiger partial charge < -0.3 is 15.0 Å². The highest BCUT2D eigenvalue weighted by atomic mass is 16.5. The van der Waals surface area contributed by atoms with Gasteiger partial charge in [-0.2, -0.15) is 0 Å². The van der Waals surface area contributed by atoms with Gasteiger partial charge in [-0.3, -0.25) is 14.5 Å². The Balaban J connectivity index is 1.52. The van der Waals surface area contributed by atoms with Gasteiger partial charge in [-0.15, -0.1) is 0 Å². The van der Waals surface area contributed by atoms with Gasteiger partial charge in [0.25, 0.3) is 0 Å². The number of carbonyl (C=O) groups is 2. The molecule has 1 saturated heterocycles. The summed E-state index contributed by atoms with van der Waals surface area (Å²) in [6.45, 7) is 5.87. The Morgan fingerprint density at radius 2 is 1.79 bits per heavy atom. The van der Waals surface area contributed by atoms with E-state index in [1.54, 1.807) is 13.2 Å². The molecule has 1 aliphatic heterocycles. The number of nitrogens with zero attached hydrogens (tertiary/aromatic N) is 2. The highest BCUT2D eigenvalue weighted by Crippen LogP contribution is 2.22. The van der Waals surface area contributed by atoms with E-state index < -0.39 is 0 Å². The molecule has 2 aromatic carbocycles. The quantitative estimate of drug-likeness (QED) is 0.732. The number of benzene rings is 2. The Bertz CT molecular complexity index is 886.